The zero-order chi connectivity index (χ0) is 17.4. The summed E-state index contributed by atoms with van der Waals surface area (Å²) in [6, 6.07) is 0. The molecule has 1 aliphatic heterocycles. The van der Waals surface area contributed by atoms with Crippen molar-refractivity contribution in [2.24, 2.45) is 19.8 Å². The van der Waals surface area contributed by atoms with E-state index in [-0.39, 0.29) is 18.6 Å². The third-order valence-electron chi connectivity index (χ3n) is 4.29. The van der Waals surface area contributed by atoms with Gasteiger partial charge in [-0.25, -0.2) is 4.79 Å². The van der Waals surface area contributed by atoms with Crippen molar-refractivity contribution in [2.45, 2.75) is 12.6 Å². The Labute approximate surface area is 137 Å². The number of imidazole rings is 1. The highest BCUT2D eigenvalue weighted by Crippen LogP contribution is 2.21. The molecule has 3 rings (SSSR count). The summed E-state index contributed by atoms with van der Waals surface area (Å²) >= 11 is 0. The second-order valence-corrected chi connectivity index (χ2v) is 5.89. The fraction of sp³-hybridized carbons (Fsp3) is 0.643. The molecule has 2 aromatic heterocycles. The van der Waals surface area contributed by atoms with Crippen LogP contribution in [0.5, 0.6) is 0 Å². The third kappa shape index (κ3) is 2.62. The SMILES string of the molecule is Cn1c(=O)c2c(nc(N3CCOCC3)n2C[C@@H](O)CN)n(C)c1=O. The van der Waals surface area contributed by atoms with Crippen molar-refractivity contribution >= 4 is 17.1 Å². The van der Waals surface area contributed by atoms with E-state index in [9.17, 15) is 14.7 Å². The average molecular weight is 338 g/mol. The molecule has 0 radical (unpaired) electrons. The monoisotopic (exact) mass is 338 g/mol. The molecular weight excluding hydrogens is 316 g/mol. The maximum absolute atomic E-state index is 12.6. The fourth-order valence-corrected chi connectivity index (χ4v) is 2.90. The Morgan fingerprint density at radius 1 is 1.25 bits per heavy atom. The highest BCUT2D eigenvalue weighted by molar-refractivity contribution is 5.74. The summed E-state index contributed by atoms with van der Waals surface area (Å²) < 4.78 is 9.39. The number of rotatable bonds is 4. The lowest BCUT2D eigenvalue weighted by atomic mass is 10.3. The van der Waals surface area contributed by atoms with E-state index in [2.05, 4.69) is 4.98 Å². The first-order valence-electron chi connectivity index (χ1n) is 7.82. The van der Waals surface area contributed by atoms with Crippen LogP contribution in [0.2, 0.25) is 0 Å². The third-order valence-corrected chi connectivity index (χ3v) is 4.29. The van der Waals surface area contributed by atoms with Gasteiger partial charge in [-0.15, -0.1) is 0 Å². The summed E-state index contributed by atoms with van der Waals surface area (Å²) in [6.07, 6.45) is -0.816. The molecule has 0 bridgehead atoms. The van der Waals surface area contributed by atoms with Crippen LogP contribution in [0.4, 0.5) is 5.95 Å². The molecule has 0 spiro atoms. The van der Waals surface area contributed by atoms with Gasteiger partial charge in [-0.2, -0.15) is 4.98 Å². The molecule has 1 aliphatic rings. The number of aliphatic hydroxyl groups excluding tert-OH is 1. The normalized spacial score (nSPS) is 16.8. The van der Waals surface area contributed by atoms with Crippen LogP contribution in [0.3, 0.4) is 0 Å². The van der Waals surface area contributed by atoms with E-state index >= 15 is 0 Å². The molecule has 132 valence electrons. The van der Waals surface area contributed by atoms with E-state index in [1.165, 1.54) is 11.6 Å². The van der Waals surface area contributed by atoms with Crippen molar-refractivity contribution in [3.05, 3.63) is 20.8 Å². The fourth-order valence-electron chi connectivity index (χ4n) is 2.90. The largest absolute Gasteiger partial charge is 0.390 e. The van der Waals surface area contributed by atoms with Crippen molar-refractivity contribution < 1.29 is 9.84 Å². The molecule has 1 fully saturated rings. The first kappa shape index (κ1) is 16.7. The van der Waals surface area contributed by atoms with E-state index in [4.69, 9.17) is 10.5 Å². The molecule has 1 saturated heterocycles. The van der Waals surface area contributed by atoms with Gasteiger partial charge in [0.1, 0.15) is 0 Å². The Morgan fingerprint density at radius 2 is 1.92 bits per heavy atom. The molecule has 0 saturated carbocycles. The van der Waals surface area contributed by atoms with Gasteiger partial charge in [-0.3, -0.25) is 13.9 Å². The highest BCUT2D eigenvalue weighted by Gasteiger charge is 2.24. The van der Waals surface area contributed by atoms with E-state index < -0.39 is 17.4 Å². The highest BCUT2D eigenvalue weighted by atomic mass is 16.5. The summed E-state index contributed by atoms with van der Waals surface area (Å²) in [7, 11) is 3.00. The molecule has 3 heterocycles. The maximum atomic E-state index is 12.6. The lowest BCUT2D eigenvalue weighted by Crippen LogP contribution is -2.39. The van der Waals surface area contributed by atoms with Crippen molar-refractivity contribution in [2.75, 3.05) is 37.7 Å². The number of aromatic nitrogens is 4. The predicted molar refractivity (Wildman–Crippen MR) is 88.3 cm³/mol. The molecule has 0 aliphatic carbocycles. The number of hydrogen-bond donors (Lipinski definition) is 2. The molecule has 0 aromatic carbocycles. The predicted octanol–water partition coefficient (Wildman–Crippen LogP) is -2.41. The van der Waals surface area contributed by atoms with Gasteiger partial charge in [-0.05, 0) is 0 Å². The number of aryl methyl sites for hydroxylation is 1. The average Bonchev–Trinajstić information content (AvgIpc) is 2.98. The van der Waals surface area contributed by atoms with Crippen LogP contribution >= 0.6 is 0 Å². The Balaban J connectivity index is 2.28. The molecule has 10 nitrogen and oxygen atoms in total. The van der Waals surface area contributed by atoms with E-state index in [0.717, 1.165) is 4.57 Å². The van der Waals surface area contributed by atoms with Crippen molar-refractivity contribution in [3.8, 4) is 0 Å². The number of nitrogens with zero attached hydrogens (tertiary/aromatic N) is 5. The van der Waals surface area contributed by atoms with Gasteiger partial charge in [0.15, 0.2) is 11.2 Å². The minimum atomic E-state index is -0.816. The van der Waals surface area contributed by atoms with Crippen LogP contribution in [-0.4, -0.2) is 62.7 Å². The van der Waals surface area contributed by atoms with Gasteiger partial charge >= 0.3 is 5.69 Å². The Hall–Kier alpha value is -2.17. The minimum Gasteiger partial charge on any atom is -0.390 e. The Morgan fingerprint density at radius 3 is 2.54 bits per heavy atom. The van der Waals surface area contributed by atoms with Gasteiger partial charge in [0, 0.05) is 33.7 Å². The number of aliphatic hydroxyl groups is 1. The first-order chi connectivity index (χ1) is 11.5. The quantitative estimate of drug-likeness (QED) is 0.637. The van der Waals surface area contributed by atoms with E-state index in [1.807, 2.05) is 4.90 Å². The molecule has 10 heteroatoms. The standard InChI is InChI=1S/C14H22N6O4/c1-17-11-10(12(22)18(2)14(17)23)20(8-9(21)7-15)13(16-11)19-3-5-24-6-4-19/h9,21H,3-8,15H2,1-2H3/t9-/m0/s1. The Bertz CT molecular complexity index is 861. The smallest absolute Gasteiger partial charge is 0.332 e. The molecule has 1 atom stereocenters. The summed E-state index contributed by atoms with van der Waals surface area (Å²) in [4.78, 5) is 31.3. The zero-order valence-electron chi connectivity index (χ0n) is 13.8. The lowest BCUT2D eigenvalue weighted by Gasteiger charge is -2.28. The van der Waals surface area contributed by atoms with Crippen LogP contribution in [0.25, 0.3) is 11.2 Å². The topological polar surface area (TPSA) is 121 Å². The van der Waals surface area contributed by atoms with Crippen LogP contribution in [-0.2, 0) is 25.4 Å². The molecule has 0 unspecified atom stereocenters. The number of ether oxygens (including phenoxy) is 1. The number of fused-ring (bicyclic) bond motifs is 1. The second kappa shape index (κ2) is 6.38. The summed E-state index contributed by atoms with van der Waals surface area (Å²) in [5, 5.41) is 10.0. The van der Waals surface area contributed by atoms with Gasteiger partial charge in [0.25, 0.3) is 5.56 Å². The molecule has 2 aromatic rings. The van der Waals surface area contributed by atoms with E-state index in [0.29, 0.717) is 37.9 Å². The maximum Gasteiger partial charge on any atom is 0.332 e. The van der Waals surface area contributed by atoms with Gasteiger partial charge < -0.3 is 25.0 Å². The number of anilines is 1. The van der Waals surface area contributed by atoms with Crippen molar-refractivity contribution in [3.63, 3.8) is 0 Å². The first-order valence-corrected chi connectivity index (χ1v) is 7.82. The van der Waals surface area contributed by atoms with E-state index in [1.54, 1.807) is 11.6 Å². The molecule has 24 heavy (non-hydrogen) atoms. The number of morpholine rings is 1. The molecule has 0 amide bonds. The van der Waals surface area contributed by atoms with Crippen molar-refractivity contribution in [1.82, 2.24) is 18.7 Å². The molecular formula is C14H22N6O4. The van der Waals surface area contributed by atoms with Gasteiger partial charge in [-0.1, -0.05) is 0 Å². The van der Waals surface area contributed by atoms with Crippen LogP contribution in [0, 0.1) is 0 Å². The summed E-state index contributed by atoms with van der Waals surface area (Å²) in [5.41, 5.74) is 5.23. The number of hydrogen-bond acceptors (Lipinski definition) is 7. The molecule has 3 N–H and O–H groups in total. The van der Waals surface area contributed by atoms with Crippen molar-refractivity contribution in [1.29, 1.82) is 0 Å². The van der Waals surface area contributed by atoms with Crippen LogP contribution in [0.15, 0.2) is 9.59 Å². The second-order valence-electron chi connectivity index (χ2n) is 5.89. The summed E-state index contributed by atoms with van der Waals surface area (Å²) in [6.45, 7) is 2.55. The van der Waals surface area contributed by atoms with Gasteiger partial charge in [0.05, 0.1) is 25.9 Å². The zero-order valence-corrected chi connectivity index (χ0v) is 13.8. The van der Waals surface area contributed by atoms with Gasteiger partial charge in [0.2, 0.25) is 5.95 Å². The lowest BCUT2D eigenvalue weighted by molar-refractivity contribution is 0.121. The van der Waals surface area contributed by atoms with Crippen LogP contribution in [0.1, 0.15) is 0 Å². The summed E-state index contributed by atoms with van der Waals surface area (Å²) in [5.74, 6) is 0.541. The van der Waals surface area contributed by atoms with Crippen LogP contribution < -0.4 is 21.9 Å². The minimum absolute atomic E-state index is 0.0638. The number of nitrogens with two attached hydrogens (primary N) is 1. The Kier molecular flexibility index (Phi) is 4.43.